The van der Waals surface area contributed by atoms with Crippen LogP contribution in [0.1, 0.15) is 43.2 Å². The van der Waals surface area contributed by atoms with Gasteiger partial charge in [0.25, 0.3) is 5.91 Å². The van der Waals surface area contributed by atoms with E-state index in [0.29, 0.717) is 23.5 Å². The van der Waals surface area contributed by atoms with Gasteiger partial charge in [-0.2, -0.15) is 5.26 Å². The lowest BCUT2D eigenvalue weighted by Crippen LogP contribution is -2.28. The van der Waals surface area contributed by atoms with Gasteiger partial charge in [0.05, 0.1) is 12.1 Å². The quantitative estimate of drug-likeness (QED) is 0.301. The van der Waals surface area contributed by atoms with Gasteiger partial charge < -0.3 is 10.4 Å². The van der Waals surface area contributed by atoms with Crippen LogP contribution in [0.5, 0.6) is 0 Å². The number of hydrogen-bond acceptors (Lipinski definition) is 5. The second-order valence-corrected chi connectivity index (χ2v) is 5.65. The van der Waals surface area contributed by atoms with Crippen LogP contribution in [0, 0.1) is 11.5 Å². The standard InChI is InChI=1S/C16H23N5O2/c1-4-16(2,3)21-14(20-11-17)10-13-9-12(5-6-18-13)15(23)19-7-8-22/h5-6,9,22H,4,7-8,10H2,1-3H3,(H,19,23)(H,20,21). The van der Waals surface area contributed by atoms with E-state index in [1.54, 1.807) is 12.1 Å². The van der Waals surface area contributed by atoms with E-state index in [1.807, 2.05) is 27.0 Å². The second-order valence-electron chi connectivity index (χ2n) is 5.65. The average Bonchev–Trinajstić information content (AvgIpc) is 2.52. The number of aliphatic imine (C=N–C) groups is 1. The zero-order chi connectivity index (χ0) is 17.3. The summed E-state index contributed by atoms with van der Waals surface area (Å²) in [5.41, 5.74) is 0.805. The third-order valence-corrected chi connectivity index (χ3v) is 3.33. The van der Waals surface area contributed by atoms with Crippen molar-refractivity contribution < 1.29 is 9.90 Å². The van der Waals surface area contributed by atoms with Crippen LogP contribution in [-0.4, -0.2) is 40.5 Å². The molecule has 7 nitrogen and oxygen atoms in total. The van der Waals surface area contributed by atoms with Crippen molar-refractivity contribution in [3.05, 3.63) is 29.6 Å². The summed E-state index contributed by atoms with van der Waals surface area (Å²) in [7, 11) is 0. The van der Waals surface area contributed by atoms with Gasteiger partial charge >= 0.3 is 0 Å². The normalized spacial score (nSPS) is 11.7. The van der Waals surface area contributed by atoms with Crippen LogP contribution in [0.15, 0.2) is 23.3 Å². The van der Waals surface area contributed by atoms with E-state index in [-0.39, 0.29) is 24.6 Å². The van der Waals surface area contributed by atoms with Crippen molar-refractivity contribution in [1.29, 1.82) is 5.26 Å². The highest BCUT2D eigenvalue weighted by Gasteiger charge is 2.15. The molecular weight excluding hydrogens is 294 g/mol. The van der Waals surface area contributed by atoms with Gasteiger partial charge in [-0.15, -0.1) is 0 Å². The Kier molecular flexibility index (Phi) is 7.16. The number of pyridine rings is 1. The number of aliphatic hydroxyl groups excluding tert-OH is 1. The first-order valence-electron chi connectivity index (χ1n) is 7.49. The Morgan fingerprint density at radius 1 is 1.52 bits per heavy atom. The van der Waals surface area contributed by atoms with Crippen molar-refractivity contribution in [2.75, 3.05) is 13.2 Å². The molecular formula is C16H23N5O2. The van der Waals surface area contributed by atoms with Gasteiger partial charge in [0.1, 0.15) is 5.84 Å². The molecule has 0 aromatic carbocycles. The SMILES string of the molecule is CCC(C)(C)N=C(Cc1cc(C(=O)NCCO)ccn1)NC#N. The number of nitriles is 1. The molecule has 1 amide bonds. The van der Waals surface area contributed by atoms with Gasteiger partial charge in [0, 0.05) is 30.4 Å². The number of amidine groups is 1. The summed E-state index contributed by atoms with van der Waals surface area (Å²) in [4.78, 5) is 20.7. The minimum atomic E-state index is -0.282. The van der Waals surface area contributed by atoms with Crippen LogP contribution in [-0.2, 0) is 6.42 Å². The van der Waals surface area contributed by atoms with Gasteiger partial charge in [0.15, 0.2) is 6.19 Å². The molecule has 0 saturated carbocycles. The molecule has 1 aromatic heterocycles. The van der Waals surface area contributed by atoms with Crippen LogP contribution in [0.2, 0.25) is 0 Å². The molecule has 1 heterocycles. The smallest absolute Gasteiger partial charge is 0.251 e. The van der Waals surface area contributed by atoms with Gasteiger partial charge in [0.2, 0.25) is 0 Å². The minimum Gasteiger partial charge on any atom is -0.395 e. The number of carbonyl (C=O) groups is 1. The lowest BCUT2D eigenvalue weighted by Gasteiger charge is -2.19. The van der Waals surface area contributed by atoms with Crippen LogP contribution in [0.25, 0.3) is 0 Å². The number of hydrogen-bond donors (Lipinski definition) is 3. The van der Waals surface area contributed by atoms with Crippen molar-refractivity contribution >= 4 is 11.7 Å². The highest BCUT2D eigenvalue weighted by molar-refractivity contribution is 5.94. The Labute approximate surface area is 136 Å². The summed E-state index contributed by atoms with van der Waals surface area (Å²) >= 11 is 0. The van der Waals surface area contributed by atoms with Crippen LogP contribution in [0.3, 0.4) is 0 Å². The van der Waals surface area contributed by atoms with E-state index in [9.17, 15) is 4.79 Å². The molecule has 0 saturated heterocycles. The zero-order valence-electron chi connectivity index (χ0n) is 13.8. The van der Waals surface area contributed by atoms with Gasteiger partial charge in [-0.25, -0.2) is 0 Å². The number of amides is 1. The van der Waals surface area contributed by atoms with Gasteiger partial charge in [-0.3, -0.25) is 20.1 Å². The highest BCUT2D eigenvalue weighted by Crippen LogP contribution is 2.14. The fourth-order valence-corrected chi connectivity index (χ4v) is 1.78. The first kappa shape index (κ1) is 18.6. The zero-order valence-corrected chi connectivity index (χ0v) is 13.8. The number of aromatic nitrogens is 1. The van der Waals surface area contributed by atoms with Crippen LogP contribution < -0.4 is 10.6 Å². The van der Waals surface area contributed by atoms with E-state index in [1.165, 1.54) is 6.20 Å². The van der Waals surface area contributed by atoms with Gasteiger partial charge in [-0.05, 0) is 32.4 Å². The Balaban J connectivity index is 2.93. The minimum absolute atomic E-state index is 0.112. The molecule has 0 spiro atoms. The number of nitrogens with zero attached hydrogens (tertiary/aromatic N) is 3. The Hall–Kier alpha value is -2.46. The molecule has 0 aliphatic carbocycles. The van der Waals surface area contributed by atoms with E-state index < -0.39 is 0 Å². The summed E-state index contributed by atoms with van der Waals surface area (Å²) in [5.74, 6) is 0.239. The molecule has 0 radical (unpaired) electrons. The molecule has 0 aliphatic heterocycles. The van der Waals surface area contributed by atoms with Crippen molar-refractivity contribution in [3.8, 4) is 6.19 Å². The molecule has 0 atom stereocenters. The molecule has 1 aromatic rings. The molecule has 124 valence electrons. The molecule has 0 aliphatic rings. The van der Waals surface area contributed by atoms with E-state index in [2.05, 4.69) is 20.6 Å². The Morgan fingerprint density at radius 2 is 2.26 bits per heavy atom. The number of carbonyl (C=O) groups excluding carboxylic acids is 1. The summed E-state index contributed by atoms with van der Waals surface area (Å²) in [6.07, 6.45) is 4.59. The number of rotatable bonds is 7. The van der Waals surface area contributed by atoms with Crippen molar-refractivity contribution in [3.63, 3.8) is 0 Å². The highest BCUT2D eigenvalue weighted by atomic mass is 16.3. The first-order valence-corrected chi connectivity index (χ1v) is 7.49. The fraction of sp³-hybridized carbons (Fsp3) is 0.500. The largest absolute Gasteiger partial charge is 0.395 e. The number of nitrogens with one attached hydrogen (secondary N) is 2. The first-order chi connectivity index (χ1) is 10.9. The van der Waals surface area contributed by atoms with E-state index in [4.69, 9.17) is 10.4 Å². The average molecular weight is 317 g/mol. The predicted molar refractivity (Wildman–Crippen MR) is 87.9 cm³/mol. The summed E-state index contributed by atoms with van der Waals surface area (Å²) < 4.78 is 0. The molecule has 1 rings (SSSR count). The molecule has 23 heavy (non-hydrogen) atoms. The maximum atomic E-state index is 11.9. The number of aliphatic hydroxyl groups is 1. The predicted octanol–water partition coefficient (Wildman–Crippen LogP) is 1.00. The lowest BCUT2D eigenvalue weighted by molar-refractivity contribution is 0.0944. The van der Waals surface area contributed by atoms with E-state index >= 15 is 0 Å². The molecule has 7 heteroatoms. The monoisotopic (exact) mass is 317 g/mol. The fourth-order valence-electron chi connectivity index (χ4n) is 1.78. The van der Waals surface area contributed by atoms with Gasteiger partial charge in [-0.1, -0.05) is 6.92 Å². The molecule has 0 bridgehead atoms. The third-order valence-electron chi connectivity index (χ3n) is 3.33. The Bertz CT molecular complexity index is 605. The lowest BCUT2D eigenvalue weighted by atomic mass is 10.0. The van der Waals surface area contributed by atoms with Crippen LogP contribution >= 0.6 is 0 Å². The molecule has 3 N–H and O–H groups in total. The van der Waals surface area contributed by atoms with Crippen LogP contribution in [0.4, 0.5) is 0 Å². The summed E-state index contributed by atoms with van der Waals surface area (Å²) in [6.45, 7) is 6.08. The van der Waals surface area contributed by atoms with Crippen molar-refractivity contribution in [1.82, 2.24) is 15.6 Å². The molecule has 0 fully saturated rings. The maximum absolute atomic E-state index is 11.9. The van der Waals surface area contributed by atoms with Crippen molar-refractivity contribution in [2.45, 2.75) is 39.2 Å². The topological polar surface area (TPSA) is 110 Å². The second kappa shape index (κ2) is 8.86. The molecule has 0 unspecified atom stereocenters. The Morgan fingerprint density at radius 3 is 2.87 bits per heavy atom. The van der Waals surface area contributed by atoms with Crippen molar-refractivity contribution in [2.24, 2.45) is 4.99 Å². The maximum Gasteiger partial charge on any atom is 0.251 e. The third kappa shape index (κ3) is 6.45. The van der Waals surface area contributed by atoms with E-state index in [0.717, 1.165) is 6.42 Å². The summed E-state index contributed by atoms with van der Waals surface area (Å²) in [5, 5.41) is 22.8. The summed E-state index contributed by atoms with van der Waals surface area (Å²) in [6, 6.07) is 3.25.